The molecule has 2 heterocycles. The van der Waals surface area contributed by atoms with E-state index in [0.29, 0.717) is 12.1 Å². The second kappa shape index (κ2) is 6.33. The van der Waals surface area contributed by atoms with Gasteiger partial charge in [-0.25, -0.2) is 9.18 Å². The van der Waals surface area contributed by atoms with E-state index in [1.54, 1.807) is 11.0 Å². The van der Waals surface area contributed by atoms with Crippen LogP contribution in [0.2, 0.25) is 0 Å². The minimum atomic E-state index is -0.844. The molecule has 3 rings (SSSR count). The van der Waals surface area contributed by atoms with Gasteiger partial charge in [-0.05, 0) is 56.9 Å². The average Bonchev–Trinajstić information content (AvgIpc) is 2.96. The van der Waals surface area contributed by atoms with Gasteiger partial charge in [0.25, 0.3) is 0 Å². The van der Waals surface area contributed by atoms with Crippen molar-refractivity contribution in [3.63, 3.8) is 0 Å². The molecule has 0 spiro atoms. The highest BCUT2D eigenvalue weighted by molar-refractivity contribution is 5.69. The SMILES string of the molecule is CC(C)(C)OC(=O)N1CCCC1[C@H]1OC[C@H](O)c2cc(F)ccc21. The molecule has 1 N–H and O–H groups in total. The van der Waals surface area contributed by atoms with Crippen molar-refractivity contribution in [3.8, 4) is 0 Å². The quantitative estimate of drug-likeness (QED) is 0.854. The summed E-state index contributed by atoms with van der Waals surface area (Å²) in [6, 6.07) is 4.18. The second-order valence-electron chi connectivity index (χ2n) is 7.43. The van der Waals surface area contributed by atoms with Crippen molar-refractivity contribution in [2.24, 2.45) is 0 Å². The lowest BCUT2D eigenvalue weighted by molar-refractivity contribution is -0.0641. The van der Waals surface area contributed by atoms with Gasteiger partial charge < -0.3 is 19.5 Å². The maximum absolute atomic E-state index is 13.5. The lowest BCUT2D eigenvalue weighted by Gasteiger charge is -2.37. The summed E-state index contributed by atoms with van der Waals surface area (Å²) in [6.07, 6.45) is 0.0744. The van der Waals surface area contributed by atoms with Gasteiger partial charge in [0.1, 0.15) is 23.6 Å². The van der Waals surface area contributed by atoms with E-state index in [-0.39, 0.29) is 30.7 Å². The monoisotopic (exact) mass is 337 g/mol. The number of aliphatic hydroxyl groups is 1. The Morgan fingerprint density at radius 1 is 1.38 bits per heavy atom. The molecular formula is C18H24FNO4. The van der Waals surface area contributed by atoms with Crippen LogP contribution in [0.15, 0.2) is 18.2 Å². The lowest BCUT2D eigenvalue weighted by atomic mass is 9.91. The van der Waals surface area contributed by atoms with Gasteiger partial charge in [-0.15, -0.1) is 0 Å². The summed E-state index contributed by atoms with van der Waals surface area (Å²) in [5.41, 5.74) is 0.729. The first-order chi connectivity index (χ1) is 11.3. The number of ether oxygens (including phenoxy) is 2. The average molecular weight is 337 g/mol. The molecule has 0 radical (unpaired) electrons. The number of aliphatic hydroxyl groups excluding tert-OH is 1. The van der Waals surface area contributed by atoms with E-state index in [9.17, 15) is 14.3 Å². The van der Waals surface area contributed by atoms with E-state index < -0.39 is 11.7 Å². The summed E-state index contributed by atoms with van der Waals surface area (Å²) < 4.78 is 24.8. The molecule has 5 nitrogen and oxygen atoms in total. The number of likely N-dealkylation sites (tertiary alicyclic amines) is 1. The maximum Gasteiger partial charge on any atom is 0.410 e. The normalized spacial score (nSPS) is 27.0. The van der Waals surface area contributed by atoms with Gasteiger partial charge in [0, 0.05) is 6.54 Å². The predicted octanol–water partition coefficient (Wildman–Crippen LogP) is 3.33. The Bertz CT molecular complexity index is 628. The first-order valence-corrected chi connectivity index (χ1v) is 8.35. The molecule has 132 valence electrons. The molecular weight excluding hydrogens is 313 g/mol. The Balaban J connectivity index is 1.86. The molecule has 1 unspecified atom stereocenters. The highest BCUT2D eigenvalue weighted by Crippen LogP contribution is 2.40. The van der Waals surface area contributed by atoms with Crippen molar-refractivity contribution in [2.45, 2.75) is 57.5 Å². The smallest absolute Gasteiger partial charge is 0.410 e. The Hall–Kier alpha value is -1.66. The summed E-state index contributed by atoms with van der Waals surface area (Å²) in [7, 11) is 0. The molecule has 1 saturated heterocycles. The molecule has 6 heteroatoms. The zero-order chi connectivity index (χ0) is 17.5. The van der Waals surface area contributed by atoms with Crippen molar-refractivity contribution >= 4 is 6.09 Å². The molecule has 1 aromatic carbocycles. The Morgan fingerprint density at radius 3 is 2.83 bits per heavy atom. The van der Waals surface area contributed by atoms with E-state index in [0.717, 1.165) is 18.4 Å². The summed E-state index contributed by atoms with van der Waals surface area (Å²) in [4.78, 5) is 14.2. The number of fused-ring (bicyclic) bond motifs is 1. The second-order valence-corrected chi connectivity index (χ2v) is 7.43. The van der Waals surface area contributed by atoms with Gasteiger partial charge in [0.05, 0.1) is 12.6 Å². The highest BCUT2D eigenvalue weighted by atomic mass is 19.1. The van der Waals surface area contributed by atoms with E-state index in [1.807, 2.05) is 20.8 Å². The molecule has 1 fully saturated rings. The van der Waals surface area contributed by atoms with Gasteiger partial charge in [-0.1, -0.05) is 6.07 Å². The molecule has 2 aliphatic heterocycles. The zero-order valence-corrected chi connectivity index (χ0v) is 14.3. The number of rotatable bonds is 1. The van der Waals surface area contributed by atoms with E-state index in [2.05, 4.69) is 0 Å². The maximum atomic E-state index is 13.5. The number of carbonyl (C=O) groups is 1. The largest absolute Gasteiger partial charge is 0.444 e. The number of hydrogen-bond donors (Lipinski definition) is 1. The van der Waals surface area contributed by atoms with Crippen LogP contribution in [0.25, 0.3) is 0 Å². The summed E-state index contributed by atoms with van der Waals surface area (Å²) >= 11 is 0. The predicted molar refractivity (Wildman–Crippen MR) is 86.0 cm³/mol. The number of nitrogens with zero attached hydrogens (tertiary/aromatic N) is 1. The van der Waals surface area contributed by atoms with Crippen molar-refractivity contribution < 1.29 is 23.8 Å². The van der Waals surface area contributed by atoms with Crippen molar-refractivity contribution in [2.75, 3.05) is 13.2 Å². The van der Waals surface area contributed by atoms with E-state index in [1.165, 1.54) is 12.1 Å². The molecule has 3 atom stereocenters. The summed E-state index contributed by atoms with van der Waals surface area (Å²) in [5.74, 6) is -0.385. The topological polar surface area (TPSA) is 59.0 Å². The van der Waals surface area contributed by atoms with E-state index in [4.69, 9.17) is 9.47 Å². The van der Waals surface area contributed by atoms with E-state index >= 15 is 0 Å². The van der Waals surface area contributed by atoms with Crippen LogP contribution in [0.1, 0.15) is 56.9 Å². The Morgan fingerprint density at radius 2 is 2.12 bits per heavy atom. The molecule has 2 aliphatic rings. The standard InChI is InChI=1S/C18H24FNO4/c1-18(2,3)24-17(22)20-8-4-5-14(20)16-12-7-6-11(19)9-13(12)15(21)10-23-16/h6-7,9,14-16,21H,4-5,8,10H2,1-3H3/t14?,15-,16-/m0/s1. The van der Waals surface area contributed by atoms with Crippen LogP contribution < -0.4 is 0 Å². The minimum absolute atomic E-state index is 0.0970. The van der Waals surface area contributed by atoms with Crippen molar-refractivity contribution in [3.05, 3.63) is 35.1 Å². The fourth-order valence-corrected chi connectivity index (χ4v) is 3.44. The molecule has 0 aromatic heterocycles. The van der Waals surface area contributed by atoms with Gasteiger partial charge in [0.15, 0.2) is 0 Å². The molecule has 0 saturated carbocycles. The number of carbonyl (C=O) groups excluding carboxylic acids is 1. The van der Waals surface area contributed by atoms with Gasteiger partial charge >= 0.3 is 6.09 Å². The fraction of sp³-hybridized carbons (Fsp3) is 0.611. The number of benzene rings is 1. The third-order valence-electron chi connectivity index (χ3n) is 4.42. The van der Waals surface area contributed by atoms with Crippen LogP contribution in [0.5, 0.6) is 0 Å². The highest BCUT2D eigenvalue weighted by Gasteiger charge is 2.41. The third-order valence-corrected chi connectivity index (χ3v) is 4.42. The number of hydrogen-bond acceptors (Lipinski definition) is 4. The molecule has 1 amide bonds. The van der Waals surface area contributed by atoms with Crippen LogP contribution in [0.3, 0.4) is 0 Å². The first kappa shape index (κ1) is 17.2. The summed E-state index contributed by atoms with van der Waals surface area (Å²) in [5, 5.41) is 10.1. The van der Waals surface area contributed by atoms with Crippen LogP contribution in [-0.2, 0) is 9.47 Å². The number of halogens is 1. The molecule has 1 aromatic rings. The van der Waals surface area contributed by atoms with Crippen molar-refractivity contribution in [1.29, 1.82) is 0 Å². The molecule has 0 bridgehead atoms. The lowest BCUT2D eigenvalue weighted by Crippen LogP contribution is -2.44. The molecule has 24 heavy (non-hydrogen) atoms. The van der Waals surface area contributed by atoms with Gasteiger partial charge in [-0.3, -0.25) is 0 Å². The van der Waals surface area contributed by atoms with Crippen LogP contribution >= 0.6 is 0 Å². The van der Waals surface area contributed by atoms with Crippen LogP contribution in [0, 0.1) is 5.82 Å². The Kier molecular flexibility index (Phi) is 4.53. The number of amides is 1. The molecule has 0 aliphatic carbocycles. The van der Waals surface area contributed by atoms with Crippen LogP contribution in [-0.4, -0.2) is 40.9 Å². The summed E-state index contributed by atoms with van der Waals surface area (Å²) in [6.45, 7) is 6.21. The Labute approximate surface area is 141 Å². The van der Waals surface area contributed by atoms with Gasteiger partial charge in [-0.2, -0.15) is 0 Å². The zero-order valence-electron chi connectivity index (χ0n) is 14.3. The third kappa shape index (κ3) is 3.39. The van der Waals surface area contributed by atoms with Crippen molar-refractivity contribution in [1.82, 2.24) is 4.90 Å². The minimum Gasteiger partial charge on any atom is -0.444 e. The fourth-order valence-electron chi connectivity index (χ4n) is 3.44. The first-order valence-electron chi connectivity index (χ1n) is 8.35. The van der Waals surface area contributed by atoms with Crippen LogP contribution in [0.4, 0.5) is 9.18 Å². The van der Waals surface area contributed by atoms with Gasteiger partial charge in [0.2, 0.25) is 0 Å².